The minimum Gasteiger partial charge on any atom is -0.490 e. The van der Waals surface area contributed by atoms with Crippen LogP contribution in [0.15, 0.2) is 65.6 Å². The van der Waals surface area contributed by atoms with E-state index in [1.807, 2.05) is 22.6 Å². The molecule has 1 aliphatic carbocycles. The van der Waals surface area contributed by atoms with Crippen molar-refractivity contribution in [3.05, 3.63) is 69.8 Å². The molecule has 9 nitrogen and oxygen atoms in total. The quantitative estimate of drug-likeness (QED) is 0.151. The van der Waals surface area contributed by atoms with E-state index in [9.17, 15) is 31.2 Å². The summed E-state index contributed by atoms with van der Waals surface area (Å²) >= 11 is 1.84. The van der Waals surface area contributed by atoms with E-state index >= 15 is 8.78 Å². The van der Waals surface area contributed by atoms with Gasteiger partial charge in [-0.05, 0) is 126 Å². The Kier molecular flexibility index (Phi) is 9.89. The molecule has 2 N–H and O–H groups in total. The van der Waals surface area contributed by atoms with Gasteiger partial charge >= 0.3 is 18.1 Å². The first-order valence-electron chi connectivity index (χ1n) is 15.8. The van der Waals surface area contributed by atoms with Crippen molar-refractivity contribution in [3.8, 4) is 5.75 Å². The van der Waals surface area contributed by atoms with Crippen LogP contribution < -0.4 is 10.5 Å². The van der Waals surface area contributed by atoms with Crippen LogP contribution in [0.5, 0.6) is 5.75 Å². The van der Waals surface area contributed by atoms with Crippen LogP contribution in [0, 0.1) is 3.57 Å². The first kappa shape index (κ1) is 35.7. The van der Waals surface area contributed by atoms with Crippen molar-refractivity contribution >= 4 is 55.3 Å². The maximum atomic E-state index is 16.7. The van der Waals surface area contributed by atoms with E-state index in [4.69, 9.17) is 10.5 Å². The smallest absolute Gasteiger partial charge is 0.490 e. The molecule has 3 aliphatic rings. The molecule has 16 heteroatoms. The van der Waals surface area contributed by atoms with Gasteiger partial charge in [0.15, 0.2) is 0 Å². The highest BCUT2D eigenvalue weighted by molar-refractivity contribution is 14.1. The lowest BCUT2D eigenvalue weighted by atomic mass is 9.94. The van der Waals surface area contributed by atoms with Gasteiger partial charge in [-0.15, -0.1) is 0 Å². The van der Waals surface area contributed by atoms with Crippen LogP contribution in [0.25, 0.3) is 10.8 Å². The first-order chi connectivity index (χ1) is 23.1. The number of amides is 1. The van der Waals surface area contributed by atoms with Crippen molar-refractivity contribution in [2.24, 2.45) is 5.73 Å². The molecule has 0 aromatic heterocycles. The van der Waals surface area contributed by atoms with E-state index in [0.717, 1.165) is 54.8 Å². The van der Waals surface area contributed by atoms with Crippen molar-refractivity contribution in [2.45, 2.75) is 98.6 Å². The number of hydroxylamine groups is 1. The predicted molar refractivity (Wildman–Crippen MR) is 176 cm³/mol. The molecule has 3 aromatic rings. The van der Waals surface area contributed by atoms with Crippen molar-refractivity contribution in [1.29, 1.82) is 0 Å². The third-order valence-corrected chi connectivity index (χ3v) is 11.7. The van der Waals surface area contributed by atoms with Crippen LogP contribution in [-0.2, 0) is 30.4 Å². The average molecular weight is 822 g/mol. The molecule has 3 fully saturated rings. The zero-order chi connectivity index (χ0) is 35.3. The number of carbonyl (C=O) groups is 2. The van der Waals surface area contributed by atoms with Gasteiger partial charge in [0.2, 0.25) is 6.04 Å². The van der Waals surface area contributed by atoms with Crippen LogP contribution in [0.3, 0.4) is 0 Å². The number of hydrogen-bond donors (Lipinski definition) is 1. The summed E-state index contributed by atoms with van der Waals surface area (Å²) in [7, 11) is -5.58. The number of nitrogens with two attached hydrogens (primary N) is 1. The van der Waals surface area contributed by atoms with Crippen molar-refractivity contribution in [1.82, 2.24) is 9.37 Å². The highest BCUT2D eigenvalue weighted by atomic mass is 127. The standard InChI is InChI=1S/C33H33F5IN3O6S/c34-32(35,21-7-9-22(39)10-8-21)29(30(43)41-24-11-12-25(41)18-23(40)17-24)42(48-31(44)33(36,37)38)49(45,46)28-14-6-19-15-27(13-5-20(19)16-28)47-26-3-1-2-4-26/h5-10,13-16,23-26,29H,1-4,11-12,17-18,40H2/t23?,24?,25?,29-/m1/s1. The summed E-state index contributed by atoms with van der Waals surface area (Å²) in [6.07, 6.45) is -0.732. The zero-order valence-electron chi connectivity index (χ0n) is 25.9. The fraction of sp³-hybridized carbons (Fsp3) is 0.455. The summed E-state index contributed by atoms with van der Waals surface area (Å²) in [4.78, 5) is 31.3. The highest BCUT2D eigenvalue weighted by Crippen LogP contribution is 2.43. The molecule has 49 heavy (non-hydrogen) atoms. The maximum absolute atomic E-state index is 16.7. The number of carbonyl (C=O) groups excluding carboxylic acids is 2. The molecule has 2 saturated heterocycles. The fourth-order valence-corrected chi connectivity index (χ4v) is 8.79. The minimum atomic E-state index is -5.80. The number of rotatable bonds is 9. The molecule has 1 saturated carbocycles. The Morgan fingerprint density at radius 2 is 1.47 bits per heavy atom. The Labute approximate surface area is 293 Å². The topological polar surface area (TPSA) is 119 Å². The number of hydrogen-bond acceptors (Lipinski definition) is 7. The Balaban J connectivity index is 1.46. The molecule has 1 amide bonds. The third kappa shape index (κ3) is 7.23. The lowest BCUT2D eigenvalue weighted by Crippen LogP contribution is -2.62. The van der Waals surface area contributed by atoms with E-state index in [1.165, 1.54) is 24.3 Å². The second-order valence-electron chi connectivity index (χ2n) is 12.7. The van der Waals surface area contributed by atoms with Gasteiger partial charge in [0.05, 0.1) is 11.0 Å². The highest BCUT2D eigenvalue weighted by Gasteiger charge is 2.60. The van der Waals surface area contributed by atoms with E-state index in [-0.39, 0.29) is 30.4 Å². The number of ether oxygens (including phenoxy) is 1. The number of nitrogens with zero attached hydrogens (tertiary/aromatic N) is 2. The largest absolute Gasteiger partial charge is 0.492 e. The lowest BCUT2D eigenvalue weighted by molar-refractivity contribution is -0.240. The van der Waals surface area contributed by atoms with E-state index in [0.29, 0.717) is 27.5 Å². The Morgan fingerprint density at radius 3 is 2.08 bits per heavy atom. The zero-order valence-corrected chi connectivity index (χ0v) is 28.9. The normalized spacial score (nSPS) is 22.4. The van der Waals surface area contributed by atoms with Crippen molar-refractivity contribution in [3.63, 3.8) is 0 Å². The fourth-order valence-electron chi connectivity index (χ4n) is 7.04. The molecule has 6 rings (SSSR count). The summed E-state index contributed by atoms with van der Waals surface area (Å²) in [6.45, 7) is 0. The van der Waals surface area contributed by atoms with Gasteiger partial charge in [-0.3, -0.25) is 4.79 Å². The summed E-state index contributed by atoms with van der Waals surface area (Å²) < 4.78 is 109. The van der Waals surface area contributed by atoms with Crippen LogP contribution in [0.4, 0.5) is 22.0 Å². The molecule has 0 spiro atoms. The van der Waals surface area contributed by atoms with Gasteiger partial charge in [0, 0.05) is 27.3 Å². The SMILES string of the molecule is NC1CC2CCC(C1)N2C(=O)[C@@H](N(OC(=O)C(F)(F)F)S(=O)(=O)c1ccc2cc(OC3CCCC3)ccc2c1)C(F)(F)c1ccc(I)cc1. The average Bonchev–Trinajstić information content (AvgIpc) is 3.65. The van der Waals surface area contributed by atoms with Crippen LogP contribution in [0.1, 0.15) is 56.9 Å². The number of halogens is 6. The molecular formula is C33H33F5IN3O6S. The molecule has 0 radical (unpaired) electrons. The number of benzene rings is 3. The monoisotopic (exact) mass is 821 g/mol. The number of sulfonamides is 1. The predicted octanol–water partition coefficient (Wildman–Crippen LogP) is 6.42. The van der Waals surface area contributed by atoms with Gasteiger partial charge in [-0.2, -0.15) is 22.0 Å². The summed E-state index contributed by atoms with van der Waals surface area (Å²) in [5, 5.41) is 0.767. The van der Waals surface area contributed by atoms with Crippen LogP contribution >= 0.6 is 22.6 Å². The second kappa shape index (κ2) is 13.6. The van der Waals surface area contributed by atoms with Crippen LogP contribution in [-0.4, -0.2) is 66.1 Å². The van der Waals surface area contributed by atoms with Gasteiger partial charge < -0.3 is 20.2 Å². The van der Waals surface area contributed by atoms with E-state index < -0.39 is 67.1 Å². The molecule has 3 atom stereocenters. The summed E-state index contributed by atoms with van der Waals surface area (Å²) in [6, 6.07) is 7.59. The van der Waals surface area contributed by atoms with Gasteiger partial charge in [-0.1, -0.05) is 24.3 Å². The maximum Gasteiger partial charge on any atom is 0.492 e. The molecule has 2 heterocycles. The molecular weight excluding hydrogens is 788 g/mol. The Hall–Kier alpha value is -3.09. The summed E-state index contributed by atoms with van der Waals surface area (Å²) in [5.41, 5.74) is 5.23. The third-order valence-electron chi connectivity index (χ3n) is 9.37. The summed E-state index contributed by atoms with van der Waals surface area (Å²) in [5.74, 6) is -8.56. The molecule has 264 valence electrons. The Bertz CT molecular complexity index is 1820. The molecule has 2 unspecified atom stereocenters. The van der Waals surface area contributed by atoms with Gasteiger partial charge in [0.1, 0.15) is 5.75 Å². The second-order valence-corrected chi connectivity index (χ2v) is 15.8. The minimum absolute atomic E-state index is 0.0316. The van der Waals surface area contributed by atoms with Crippen LogP contribution in [0.2, 0.25) is 0 Å². The Morgan fingerprint density at radius 1 is 0.878 bits per heavy atom. The van der Waals surface area contributed by atoms with Crippen molar-refractivity contribution < 1.29 is 49.5 Å². The molecule has 2 aliphatic heterocycles. The number of fused-ring (bicyclic) bond motifs is 3. The first-order valence-corrected chi connectivity index (χ1v) is 18.3. The van der Waals surface area contributed by atoms with Gasteiger partial charge in [0.25, 0.3) is 15.9 Å². The van der Waals surface area contributed by atoms with E-state index in [2.05, 4.69) is 4.84 Å². The number of alkyl halides is 5. The molecule has 2 bridgehead atoms. The lowest BCUT2D eigenvalue weighted by Gasteiger charge is -2.42. The van der Waals surface area contributed by atoms with E-state index in [1.54, 1.807) is 12.1 Å². The number of piperidine rings is 1. The molecule has 3 aromatic carbocycles. The van der Waals surface area contributed by atoms with Gasteiger partial charge in [-0.25, -0.2) is 13.2 Å². The van der Waals surface area contributed by atoms with Crippen molar-refractivity contribution in [2.75, 3.05) is 0 Å².